The average Bonchev–Trinajstić information content (AvgIpc) is 2.68. The van der Waals surface area contributed by atoms with Crippen LogP contribution in [0.1, 0.15) is 17.9 Å². The molecule has 3 nitrogen and oxygen atoms in total. The summed E-state index contributed by atoms with van der Waals surface area (Å²) in [5, 5.41) is 2.69. The van der Waals surface area contributed by atoms with Crippen LogP contribution in [0.3, 0.4) is 0 Å². The molecule has 0 bridgehead atoms. The number of rotatable bonds is 2. The smallest absolute Gasteiger partial charge is 0.220 e. The van der Waals surface area contributed by atoms with Crippen LogP contribution in [0.25, 0.3) is 0 Å². The number of hydrogen-bond acceptors (Lipinski definition) is 2. The largest absolute Gasteiger partial charge is 0.375 e. The predicted octanol–water partition coefficient (Wildman–Crippen LogP) is 1.63. The molecular weight excluding hydrogens is 226 g/mol. The van der Waals surface area contributed by atoms with Gasteiger partial charge in [-0.05, 0) is 11.6 Å². The molecule has 1 heterocycles. The van der Waals surface area contributed by atoms with Crippen molar-refractivity contribution >= 4 is 11.6 Å². The van der Waals surface area contributed by atoms with Gasteiger partial charge in [-0.15, -0.1) is 0 Å². The number of hydrogen-bond donors (Lipinski definition) is 1. The molecule has 92 valence electrons. The molecule has 1 saturated heterocycles. The molecule has 2 rings (SSSR count). The molecule has 5 heteroatoms. The van der Waals surface area contributed by atoms with Crippen molar-refractivity contribution in [3.63, 3.8) is 0 Å². The molecule has 1 aliphatic heterocycles. The Kier molecular flexibility index (Phi) is 3.00. The van der Waals surface area contributed by atoms with Gasteiger partial charge in [-0.1, -0.05) is 6.07 Å². The molecule has 1 atom stereocenters. The van der Waals surface area contributed by atoms with E-state index >= 15 is 0 Å². The first-order valence-electron chi connectivity index (χ1n) is 5.42. The Balaban J connectivity index is 2.46. The highest BCUT2D eigenvalue weighted by Crippen LogP contribution is 2.33. The van der Waals surface area contributed by atoms with Crippen LogP contribution in [-0.4, -0.2) is 26.5 Å². The number of nitrogens with zero attached hydrogens (tertiary/aromatic N) is 1. The van der Waals surface area contributed by atoms with E-state index < -0.39 is 11.6 Å². The summed E-state index contributed by atoms with van der Waals surface area (Å²) < 4.78 is 26.9. The number of carbonyl (C=O) groups is 1. The van der Waals surface area contributed by atoms with Crippen LogP contribution in [0, 0.1) is 11.6 Å². The summed E-state index contributed by atoms with van der Waals surface area (Å²) in [6.45, 7) is 0.477. The third kappa shape index (κ3) is 2.09. The van der Waals surface area contributed by atoms with Gasteiger partial charge in [0.15, 0.2) is 11.6 Å². The van der Waals surface area contributed by atoms with Crippen LogP contribution >= 0.6 is 0 Å². The van der Waals surface area contributed by atoms with E-state index in [0.717, 1.165) is 6.07 Å². The fraction of sp³-hybridized carbons (Fsp3) is 0.417. The zero-order valence-corrected chi connectivity index (χ0v) is 9.76. The molecule has 17 heavy (non-hydrogen) atoms. The summed E-state index contributed by atoms with van der Waals surface area (Å²) >= 11 is 0. The van der Waals surface area contributed by atoms with E-state index in [0.29, 0.717) is 18.5 Å². The lowest BCUT2D eigenvalue weighted by atomic mass is 9.95. The number of amides is 1. The van der Waals surface area contributed by atoms with Crippen molar-refractivity contribution in [1.29, 1.82) is 0 Å². The van der Waals surface area contributed by atoms with Gasteiger partial charge in [0.25, 0.3) is 0 Å². The monoisotopic (exact) mass is 240 g/mol. The lowest BCUT2D eigenvalue weighted by Gasteiger charge is -2.21. The fourth-order valence-corrected chi connectivity index (χ4v) is 2.16. The van der Waals surface area contributed by atoms with E-state index in [1.54, 1.807) is 20.2 Å². The van der Waals surface area contributed by atoms with Crippen molar-refractivity contribution in [2.75, 3.05) is 25.5 Å². The molecule has 0 aliphatic carbocycles. The number of anilines is 1. The van der Waals surface area contributed by atoms with Crippen LogP contribution in [0.4, 0.5) is 14.5 Å². The molecule has 1 aromatic carbocycles. The van der Waals surface area contributed by atoms with Crippen molar-refractivity contribution < 1.29 is 13.6 Å². The fourth-order valence-electron chi connectivity index (χ4n) is 2.16. The molecule has 0 spiro atoms. The Bertz CT molecular complexity index is 460. The van der Waals surface area contributed by atoms with Crippen molar-refractivity contribution in [1.82, 2.24) is 5.32 Å². The summed E-state index contributed by atoms with van der Waals surface area (Å²) in [4.78, 5) is 12.7. The summed E-state index contributed by atoms with van der Waals surface area (Å²) in [5.74, 6) is -1.86. The second kappa shape index (κ2) is 4.31. The third-order valence-corrected chi connectivity index (χ3v) is 2.96. The highest BCUT2D eigenvalue weighted by Gasteiger charge is 2.28. The molecular formula is C12H14F2N2O. The first-order valence-corrected chi connectivity index (χ1v) is 5.42. The number of halogens is 2. The number of carbonyl (C=O) groups excluding carboxylic acids is 1. The molecule has 1 aromatic rings. The maximum absolute atomic E-state index is 13.7. The minimum Gasteiger partial charge on any atom is -0.375 e. The summed E-state index contributed by atoms with van der Waals surface area (Å²) in [6, 6.07) is 2.67. The SMILES string of the molecule is CN(C)c1c(C2CNC(=O)C2)ccc(F)c1F. The van der Waals surface area contributed by atoms with Gasteiger partial charge in [0, 0.05) is 33.0 Å². The van der Waals surface area contributed by atoms with Gasteiger partial charge < -0.3 is 10.2 Å². The topological polar surface area (TPSA) is 32.3 Å². The standard InChI is InChI=1S/C12H14F2N2O/c1-16(2)12-8(3-4-9(13)11(12)14)7-5-10(17)15-6-7/h3-4,7H,5-6H2,1-2H3,(H,15,17). The molecule has 1 fully saturated rings. The molecule has 0 radical (unpaired) electrons. The van der Waals surface area contributed by atoms with E-state index in [1.165, 1.54) is 4.90 Å². The summed E-state index contributed by atoms with van der Waals surface area (Å²) in [6.07, 6.45) is 0.325. The van der Waals surface area contributed by atoms with Crippen LogP contribution in [0.2, 0.25) is 0 Å². The molecule has 1 unspecified atom stereocenters. The number of nitrogens with one attached hydrogen (secondary N) is 1. The van der Waals surface area contributed by atoms with Crippen molar-refractivity contribution in [3.8, 4) is 0 Å². The Labute approximate surface area is 98.4 Å². The quantitative estimate of drug-likeness (QED) is 0.852. The maximum atomic E-state index is 13.7. The zero-order chi connectivity index (χ0) is 12.6. The van der Waals surface area contributed by atoms with Crippen LogP contribution in [0.15, 0.2) is 12.1 Å². The Hall–Kier alpha value is -1.65. The zero-order valence-electron chi connectivity index (χ0n) is 9.76. The van der Waals surface area contributed by atoms with Crippen LogP contribution < -0.4 is 10.2 Å². The Morgan fingerprint density at radius 3 is 2.59 bits per heavy atom. The normalized spacial score (nSPS) is 19.3. The van der Waals surface area contributed by atoms with E-state index in [9.17, 15) is 13.6 Å². The summed E-state index contributed by atoms with van der Waals surface area (Å²) in [5.41, 5.74) is 0.902. The van der Waals surface area contributed by atoms with Gasteiger partial charge in [0.1, 0.15) is 0 Å². The van der Waals surface area contributed by atoms with E-state index in [1.807, 2.05) is 0 Å². The van der Waals surface area contributed by atoms with Crippen molar-refractivity contribution in [2.24, 2.45) is 0 Å². The molecule has 1 amide bonds. The van der Waals surface area contributed by atoms with E-state index in [2.05, 4.69) is 5.32 Å². The molecule has 1 aliphatic rings. The lowest BCUT2D eigenvalue weighted by Crippen LogP contribution is -2.17. The minimum atomic E-state index is -0.866. The van der Waals surface area contributed by atoms with Gasteiger partial charge in [-0.2, -0.15) is 0 Å². The minimum absolute atomic E-state index is 0.0514. The summed E-state index contributed by atoms with van der Waals surface area (Å²) in [7, 11) is 3.32. The van der Waals surface area contributed by atoms with Crippen LogP contribution in [-0.2, 0) is 4.79 Å². The first-order chi connectivity index (χ1) is 8.00. The van der Waals surface area contributed by atoms with Crippen molar-refractivity contribution in [3.05, 3.63) is 29.3 Å². The predicted molar refractivity (Wildman–Crippen MR) is 61.1 cm³/mol. The molecule has 0 aromatic heterocycles. The van der Waals surface area contributed by atoms with Gasteiger partial charge >= 0.3 is 0 Å². The maximum Gasteiger partial charge on any atom is 0.220 e. The third-order valence-electron chi connectivity index (χ3n) is 2.96. The number of benzene rings is 1. The molecule has 0 saturated carbocycles. The Morgan fingerprint density at radius 2 is 2.06 bits per heavy atom. The lowest BCUT2D eigenvalue weighted by molar-refractivity contribution is -0.119. The van der Waals surface area contributed by atoms with Gasteiger partial charge in [0.05, 0.1) is 5.69 Å². The highest BCUT2D eigenvalue weighted by atomic mass is 19.2. The van der Waals surface area contributed by atoms with Gasteiger partial charge in [-0.3, -0.25) is 4.79 Å². The highest BCUT2D eigenvalue weighted by molar-refractivity contribution is 5.80. The van der Waals surface area contributed by atoms with Crippen molar-refractivity contribution in [2.45, 2.75) is 12.3 Å². The second-order valence-corrected chi connectivity index (χ2v) is 4.40. The Morgan fingerprint density at radius 1 is 1.35 bits per heavy atom. The van der Waals surface area contributed by atoms with Crippen LogP contribution in [0.5, 0.6) is 0 Å². The molecule has 1 N–H and O–H groups in total. The van der Waals surface area contributed by atoms with Gasteiger partial charge in [0.2, 0.25) is 5.91 Å². The van der Waals surface area contributed by atoms with E-state index in [4.69, 9.17) is 0 Å². The first kappa shape index (κ1) is 11.8. The van der Waals surface area contributed by atoms with Gasteiger partial charge in [-0.25, -0.2) is 8.78 Å². The average molecular weight is 240 g/mol. The van der Waals surface area contributed by atoms with E-state index in [-0.39, 0.29) is 17.5 Å². The second-order valence-electron chi connectivity index (χ2n) is 4.40.